The number of carbonyl (C=O) groups is 2. The smallest absolute Gasteiger partial charge is 0.353 e. The van der Waals surface area contributed by atoms with Crippen molar-refractivity contribution < 1.29 is 28.5 Å². The number of hydrogen-bond donors (Lipinski definition) is 0. The SMILES string of the molecule is CC1(C)O[C@@H]2C[C@]3(OC(=O)CBr)CC[C@@]2(OC3=O)O1. The van der Waals surface area contributed by atoms with Crippen molar-refractivity contribution in [3.8, 4) is 0 Å². The zero-order valence-corrected chi connectivity index (χ0v) is 12.3. The van der Waals surface area contributed by atoms with Gasteiger partial charge in [-0.25, -0.2) is 4.79 Å². The van der Waals surface area contributed by atoms with Gasteiger partial charge in [-0.2, -0.15) is 0 Å². The Morgan fingerprint density at radius 2 is 2.21 bits per heavy atom. The number of ether oxygens (including phenoxy) is 4. The molecule has 7 heteroatoms. The fraction of sp³-hybridized carbons (Fsp3) is 0.833. The van der Waals surface area contributed by atoms with Crippen molar-refractivity contribution in [1.29, 1.82) is 0 Å². The lowest BCUT2D eigenvalue weighted by Crippen LogP contribution is -2.65. The van der Waals surface area contributed by atoms with E-state index in [1.165, 1.54) is 0 Å². The van der Waals surface area contributed by atoms with Crippen LogP contribution in [0.5, 0.6) is 0 Å². The largest absolute Gasteiger partial charge is 0.446 e. The fourth-order valence-corrected chi connectivity index (χ4v) is 3.19. The molecule has 106 valence electrons. The van der Waals surface area contributed by atoms with Gasteiger partial charge >= 0.3 is 11.9 Å². The lowest BCUT2D eigenvalue weighted by molar-refractivity contribution is -0.298. The highest BCUT2D eigenvalue weighted by Crippen LogP contribution is 2.54. The predicted octanol–water partition coefficient (Wildman–Crippen LogP) is 1.25. The molecule has 1 aliphatic carbocycles. The van der Waals surface area contributed by atoms with Crippen LogP contribution in [0, 0.1) is 0 Å². The van der Waals surface area contributed by atoms with E-state index in [4.69, 9.17) is 18.9 Å². The van der Waals surface area contributed by atoms with Gasteiger partial charge < -0.3 is 18.9 Å². The Morgan fingerprint density at radius 3 is 2.84 bits per heavy atom. The van der Waals surface area contributed by atoms with Gasteiger partial charge in [-0.3, -0.25) is 4.79 Å². The Balaban J connectivity index is 1.88. The molecule has 3 atom stereocenters. The first-order valence-electron chi connectivity index (χ1n) is 6.20. The van der Waals surface area contributed by atoms with E-state index in [1.807, 2.05) is 0 Å². The maximum absolute atomic E-state index is 12.1. The Labute approximate surface area is 118 Å². The third-order valence-electron chi connectivity index (χ3n) is 3.78. The van der Waals surface area contributed by atoms with Gasteiger partial charge in [0.25, 0.3) is 0 Å². The molecule has 19 heavy (non-hydrogen) atoms. The topological polar surface area (TPSA) is 71.1 Å². The first-order chi connectivity index (χ1) is 8.81. The van der Waals surface area contributed by atoms with E-state index in [9.17, 15) is 9.59 Å². The van der Waals surface area contributed by atoms with Crippen LogP contribution in [0.4, 0.5) is 0 Å². The zero-order chi connectivity index (χ0) is 13.9. The van der Waals surface area contributed by atoms with Crippen molar-refractivity contribution in [3.05, 3.63) is 0 Å². The summed E-state index contributed by atoms with van der Waals surface area (Å²) in [4.78, 5) is 23.6. The van der Waals surface area contributed by atoms with Crippen molar-refractivity contribution in [1.82, 2.24) is 0 Å². The Morgan fingerprint density at radius 1 is 1.47 bits per heavy atom. The van der Waals surface area contributed by atoms with Crippen LogP contribution >= 0.6 is 15.9 Å². The van der Waals surface area contributed by atoms with Gasteiger partial charge in [-0.05, 0) is 13.8 Å². The highest BCUT2D eigenvalue weighted by molar-refractivity contribution is 9.09. The predicted molar refractivity (Wildman–Crippen MR) is 65.3 cm³/mol. The lowest BCUT2D eigenvalue weighted by Gasteiger charge is -2.49. The molecule has 0 radical (unpaired) electrons. The average molecular weight is 335 g/mol. The maximum Gasteiger partial charge on any atom is 0.353 e. The highest BCUT2D eigenvalue weighted by atomic mass is 79.9. The molecule has 0 unspecified atom stereocenters. The molecule has 1 saturated carbocycles. The van der Waals surface area contributed by atoms with Crippen LogP contribution in [0.25, 0.3) is 0 Å². The molecule has 0 aromatic carbocycles. The van der Waals surface area contributed by atoms with Gasteiger partial charge in [0.1, 0.15) is 11.4 Å². The fourth-order valence-electron chi connectivity index (χ4n) is 3.08. The number of halogens is 1. The molecular formula is C12H15BrO6. The Hall–Kier alpha value is -0.660. The minimum absolute atomic E-state index is 0.0424. The van der Waals surface area contributed by atoms with Gasteiger partial charge in [0.05, 0.1) is 0 Å². The zero-order valence-electron chi connectivity index (χ0n) is 10.7. The molecule has 2 bridgehead atoms. The van der Waals surface area contributed by atoms with Crippen LogP contribution in [0.1, 0.15) is 33.1 Å². The summed E-state index contributed by atoms with van der Waals surface area (Å²) in [5.41, 5.74) is -1.22. The maximum atomic E-state index is 12.1. The summed E-state index contributed by atoms with van der Waals surface area (Å²) in [5, 5.41) is 0.0424. The number of carbonyl (C=O) groups excluding carboxylic acids is 2. The summed E-state index contributed by atoms with van der Waals surface area (Å²) in [6.07, 6.45) is 0.772. The van der Waals surface area contributed by atoms with E-state index in [2.05, 4.69) is 15.9 Å². The number of alkyl halides is 1. The second-order valence-electron chi connectivity index (χ2n) is 5.62. The first-order valence-corrected chi connectivity index (χ1v) is 7.32. The third-order valence-corrected chi connectivity index (χ3v) is 4.24. The van der Waals surface area contributed by atoms with Crippen LogP contribution in [-0.4, -0.2) is 40.5 Å². The molecule has 1 spiro atoms. The van der Waals surface area contributed by atoms with Crippen molar-refractivity contribution >= 4 is 27.9 Å². The van der Waals surface area contributed by atoms with E-state index < -0.39 is 35.2 Å². The standard InChI is InChI=1S/C12H15BrO6/c1-10(2)16-7-5-11(17-8(14)6-13)3-4-12(7,19-10)18-9(11)15/h7H,3-6H2,1-2H3/t7-,11-,12-/m1/s1. The molecule has 6 nitrogen and oxygen atoms in total. The summed E-state index contributed by atoms with van der Waals surface area (Å²) >= 11 is 3.02. The number of fused-ring (bicyclic) bond motifs is 2. The van der Waals surface area contributed by atoms with E-state index in [0.29, 0.717) is 12.8 Å². The van der Waals surface area contributed by atoms with Crippen LogP contribution in [0.2, 0.25) is 0 Å². The van der Waals surface area contributed by atoms with Crippen molar-refractivity contribution in [2.75, 3.05) is 5.33 Å². The monoisotopic (exact) mass is 334 g/mol. The van der Waals surface area contributed by atoms with E-state index in [0.717, 1.165) is 0 Å². The second-order valence-corrected chi connectivity index (χ2v) is 6.18. The molecule has 4 fully saturated rings. The molecule has 4 aliphatic rings. The van der Waals surface area contributed by atoms with E-state index in [-0.39, 0.29) is 11.8 Å². The summed E-state index contributed by atoms with van der Waals surface area (Å²) in [7, 11) is 0. The highest BCUT2D eigenvalue weighted by Gasteiger charge is 2.70. The second kappa shape index (κ2) is 3.93. The normalized spacial score (nSPS) is 42.7. The Kier molecular flexibility index (Phi) is 2.75. The number of esters is 2. The minimum atomic E-state index is -1.22. The molecular weight excluding hydrogens is 320 g/mol. The molecule has 0 aromatic rings. The van der Waals surface area contributed by atoms with Gasteiger partial charge in [0, 0.05) is 19.3 Å². The molecule has 3 heterocycles. The Bertz CT molecular complexity index is 450. The van der Waals surface area contributed by atoms with Crippen molar-refractivity contribution in [2.45, 2.75) is 56.4 Å². The van der Waals surface area contributed by atoms with Crippen LogP contribution in [-0.2, 0) is 28.5 Å². The molecule has 4 rings (SSSR count). The molecule has 0 aromatic heterocycles. The van der Waals surface area contributed by atoms with Gasteiger partial charge in [-0.15, -0.1) is 0 Å². The van der Waals surface area contributed by atoms with Crippen LogP contribution in [0.3, 0.4) is 0 Å². The van der Waals surface area contributed by atoms with Gasteiger partial charge in [0.2, 0.25) is 11.4 Å². The number of rotatable bonds is 2. The summed E-state index contributed by atoms with van der Waals surface area (Å²) in [6, 6.07) is 0. The molecule has 0 N–H and O–H groups in total. The lowest BCUT2D eigenvalue weighted by atomic mass is 9.76. The van der Waals surface area contributed by atoms with Crippen LogP contribution in [0.15, 0.2) is 0 Å². The van der Waals surface area contributed by atoms with Gasteiger partial charge in [0.15, 0.2) is 5.79 Å². The average Bonchev–Trinajstić information content (AvgIpc) is 2.57. The van der Waals surface area contributed by atoms with Crippen LogP contribution < -0.4 is 0 Å². The molecule has 3 aliphatic heterocycles. The summed E-state index contributed by atoms with van der Waals surface area (Å²) in [6.45, 7) is 3.55. The van der Waals surface area contributed by atoms with Crippen molar-refractivity contribution in [3.63, 3.8) is 0 Å². The number of hydrogen-bond acceptors (Lipinski definition) is 6. The molecule has 3 saturated heterocycles. The van der Waals surface area contributed by atoms with E-state index >= 15 is 0 Å². The summed E-state index contributed by atoms with van der Waals surface area (Å²) < 4.78 is 22.2. The first kappa shape index (κ1) is 13.3. The molecule has 0 amide bonds. The minimum Gasteiger partial charge on any atom is -0.446 e. The van der Waals surface area contributed by atoms with Crippen molar-refractivity contribution in [2.24, 2.45) is 0 Å². The summed E-state index contributed by atoms with van der Waals surface area (Å²) in [5.74, 6) is -2.83. The van der Waals surface area contributed by atoms with Gasteiger partial charge in [-0.1, -0.05) is 15.9 Å². The third kappa shape index (κ3) is 1.90. The quantitative estimate of drug-likeness (QED) is 0.559. The van der Waals surface area contributed by atoms with E-state index in [1.54, 1.807) is 13.8 Å².